The maximum Gasteiger partial charge on any atom is 0.187 e. The highest BCUT2D eigenvalue weighted by molar-refractivity contribution is 6.13. The van der Waals surface area contributed by atoms with E-state index >= 15 is 0 Å². The van der Waals surface area contributed by atoms with Crippen molar-refractivity contribution in [3.8, 4) is 90.2 Å². The second-order valence-electron chi connectivity index (χ2n) is 17.0. The predicted octanol–water partition coefficient (Wildman–Crippen LogP) is 16.3. The first-order chi connectivity index (χ1) is 32.9. The minimum Gasteiger partial charge on any atom is -0.308 e. The van der Waals surface area contributed by atoms with Gasteiger partial charge in [-0.05, 0) is 108 Å². The molecule has 0 N–H and O–H groups in total. The molecule has 0 radical (unpaired) electrons. The Morgan fingerprint density at radius 1 is 0.433 bits per heavy atom. The van der Waals surface area contributed by atoms with Crippen LogP contribution in [0.1, 0.15) is 16.7 Å². The topological polar surface area (TPSA) is 58.9 Å². The van der Waals surface area contributed by atoms with Crippen LogP contribution in [0.15, 0.2) is 212 Å². The molecule has 0 aliphatic carbocycles. The van der Waals surface area contributed by atoms with Gasteiger partial charge in [0.25, 0.3) is 0 Å². The van der Waals surface area contributed by atoms with E-state index in [1.807, 2.05) is 84.9 Å². The van der Waals surface area contributed by atoms with Crippen molar-refractivity contribution in [1.29, 1.82) is 5.26 Å². The Morgan fingerprint density at radius 2 is 0.925 bits per heavy atom. The Bertz CT molecular complexity index is 3520. The molecule has 11 aromatic rings. The minimum absolute atomic E-state index is 0.536. The van der Waals surface area contributed by atoms with Crippen molar-refractivity contribution < 1.29 is 0 Å². The Morgan fingerprint density at radius 3 is 1.48 bits per heavy atom. The second-order valence-corrected chi connectivity index (χ2v) is 17.0. The molecule has 0 unspecified atom stereocenters. The van der Waals surface area contributed by atoms with Crippen molar-refractivity contribution in [2.24, 2.45) is 0 Å². The summed E-state index contributed by atoms with van der Waals surface area (Å²) in [7, 11) is 0. The van der Waals surface area contributed by atoms with E-state index in [1.54, 1.807) is 0 Å². The van der Waals surface area contributed by atoms with Crippen LogP contribution in [0.25, 0.3) is 111 Å². The number of rotatable bonds is 8. The van der Waals surface area contributed by atoms with Gasteiger partial charge in [-0.15, -0.1) is 0 Å². The molecule has 0 amide bonds. The average Bonchev–Trinajstić information content (AvgIpc) is 3.71. The fourth-order valence-electron chi connectivity index (χ4n) is 9.15. The molecule has 0 atom stereocenters. The number of aryl methyl sites for hydroxylation is 2. The van der Waals surface area contributed by atoms with Crippen molar-refractivity contribution in [3.63, 3.8) is 0 Å². The third-order valence-corrected chi connectivity index (χ3v) is 12.6. The highest BCUT2D eigenvalue weighted by atomic mass is 15.0. The van der Waals surface area contributed by atoms with E-state index < -0.39 is 0 Å². The standard InChI is InChI=1S/C62H41N5/c1-40-20-24-43(25-21-40)47-28-30-59-55(34-47)56-35-48(44-26-22-41(2)23-27-44)29-31-60(56)67(59)61-53(49-17-10-12-42(32-49)39-63)36-51(37-54(61)50-18-11-19-52(33-50)64-3)58-38-57(45-13-6-4-7-14-45)65-62(66-58)46-15-8-5-9-16-46/h4-38H,1-2H3. The maximum atomic E-state index is 10.3. The van der Waals surface area contributed by atoms with Crippen LogP contribution in [0.4, 0.5) is 5.69 Å². The Balaban J connectivity index is 1.26. The van der Waals surface area contributed by atoms with Crippen molar-refractivity contribution >= 4 is 27.5 Å². The summed E-state index contributed by atoms with van der Waals surface area (Å²) in [6, 6.07) is 75.8. The van der Waals surface area contributed by atoms with E-state index in [2.05, 4.69) is 157 Å². The zero-order valence-electron chi connectivity index (χ0n) is 36.9. The molecule has 0 aliphatic heterocycles. The SMILES string of the molecule is [C-]#[N+]c1cccc(-c2cc(-c3cc(-c4ccccc4)nc(-c4ccccc4)n3)cc(-c3cccc(C#N)c3)c2-n2c3ccc(-c4ccc(C)cc4)cc3c3cc(-c4ccc(C)cc4)ccc32)c1. The molecule has 11 rings (SSSR count). The molecule has 5 heteroatoms. The lowest BCUT2D eigenvalue weighted by molar-refractivity contribution is 1.17. The van der Waals surface area contributed by atoms with Gasteiger partial charge < -0.3 is 4.57 Å². The molecular weight excluding hydrogens is 815 g/mol. The van der Waals surface area contributed by atoms with Gasteiger partial charge >= 0.3 is 0 Å². The predicted molar refractivity (Wildman–Crippen MR) is 275 cm³/mol. The Hall–Kier alpha value is -9.16. The largest absolute Gasteiger partial charge is 0.308 e. The molecule has 2 aromatic heterocycles. The second kappa shape index (κ2) is 17.1. The molecule has 0 saturated heterocycles. The molecule has 5 nitrogen and oxygen atoms in total. The van der Waals surface area contributed by atoms with E-state index in [9.17, 15) is 5.26 Å². The zero-order valence-corrected chi connectivity index (χ0v) is 36.9. The van der Waals surface area contributed by atoms with Gasteiger partial charge in [0.15, 0.2) is 11.5 Å². The summed E-state index contributed by atoms with van der Waals surface area (Å²) in [5.74, 6) is 0.613. The summed E-state index contributed by atoms with van der Waals surface area (Å²) in [4.78, 5) is 14.3. The fraction of sp³-hybridized carbons (Fsp3) is 0.0323. The summed E-state index contributed by atoms with van der Waals surface area (Å²) < 4.78 is 2.38. The van der Waals surface area contributed by atoms with Crippen molar-refractivity contribution in [3.05, 3.63) is 240 Å². The number of aromatic nitrogens is 3. The molecule has 67 heavy (non-hydrogen) atoms. The summed E-state index contributed by atoms with van der Waals surface area (Å²) >= 11 is 0. The van der Waals surface area contributed by atoms with Gasteiger partial charge in [-0.3, -0.25) is 0 Å². The monoisotopic (exact) mass is 855 g/mol. The number of nitrogens with zero attached hydrogens (tertiary/aromatic N) is 5. The zero-order chi connectivity index (χ0) is 45.4. The quantitative estimate of drug-likeness (QED) is 0.143. The van der Waals surface area contributed by atoms with E-state index in [-0.39, 0.29) is 0 Å². The molecule has 9 aromatic carbocycles. The third-order valence-electron chi connectivity index (χ3n) is 12.6. The minimum atomic E-state index is 0.536. The first-order valence-corrected chi connectivity index (χ1v) is 22.3. The average molecular weight is 856 g/mol. The van der Waals surface area contributed by atoms with Gasteiger partial charge in [0.1, 0.15) is 0 Å². The van der Waals surface area contributed by atoms with Crippen LogP contribution in [0, 0.1) is 31.8 Å². The molecule has 0 spiro atoms. The van der Waals surface area contributed by atoms with Crippen LogP contribution in [0.2, 0.25) is 0 Å². The number of hydrogen-bond acceptors (Lipinski definition) is 3. The number of nitriles is 1. The van der Waals surface area contributed by atoms with Crippen molar-refractivity contribution in [2.45, 2.75) is 13.8 Å². The fourth-order valence-corrected chi connectivity index (χ4v) is 9.15. The van der Waals surface area contributed by atoms with E-state index in [1.165, 1.54) is 11.1 Å². The van der Waals surface area contributed by atoms with Crippen LogP contribution < -0.4 is 0 Å². The lowest BCUT2D eigenvalue weighted by atomic mass is 9.91. The molecule has 314 valence electrons. The number of benzene rings is 9. The van der Waals surface area contributed by atoms with E-state index in [4.69, 9.17) is 16.5 Å². The van der Waals surface area contributed by atoms with Crippen LogP contribution in [0.5, 0.6) is 0 Å². The van der Waals surface area contributed by atoms with Crippen LogP contribution in [-0.2, 0) is 0 Å². The number of hydrogen-bond donors (Lipinski definition) is 0. The lowest BCUT2D eigenvalue weighted by Crippen LogP contribution is -2.03. The summed E-state index contributed by atoms with van der Waals surface area (Å²) in [5, 5.41) is 12.5. The molecule has 2 heterocycles. The van der Waals surface area contributed by atoms with Gasteiger partial charge in [0, 0.05) is 38.6 Å². The molecule has 0 fully saturated rings. The smallest absolute Gasteiger partial charge is 0.187 e. The van der Waals surface area contributed by atoms with Crippen LogP contribution in [0.3, 0.4) is 0 Å². The van der Waals surface area contributed by atoms with Crippen molar-refractivity contribution in [1.82, 2.24) is 14.5 Å². The Labute approximate surface area is 390 Å². The molecule has 0 saturated carbocycles. The van der Waals surface area contributed by atoms with Gasteiger partial charge in [0.05, 0.1) is 46.3 Å². The summed E-state index contributed by atoms with van der Waals surface area (Å²) in [6.07, 6.45) is 0. The maximum absolute atomic E-state index is 10.3. The summed E-state index contributed by atoms with van der Waals surface area (Å²) in [6.45, 7) is 12.3. The highest BCUT2D eigenvalue weighted by Gasteiger charge is 2.24. The molecular formula is C62H41N5. The number of fused-ring (bicyclic) bond motifs is 3. The van der Waals surface area contributed by atoms with Gasteiger partial charge in [-0.25, -0.2) is 14.8 Å². The van der Waals surface area contributed by atoms with Crippen molar-refractivity contribution in [2.75, 3.05) is 0 Å². The van der Waals surface area contributed by atoms with Crippen LogP contribution >= 0.6 is 0 Å². The Kier molecular flexibility index (Phi) is 10.4. The normalized spacial score (nSPS) is 11.1. The third kappa shape index (κ3) is 7.72. The van der Waals surface area contributed by atoms with E-state index in [0.29, 0.717) is 17.1 Å². The first-order valence-electron chi connectivity index (χ1n) is 22.3. The first kappa shape index (κ1) is 40.6. The van der Waals surface area contributed by atoms with Crippen LogP contribution in [-0.4, -0.2) is 14.5 Å². The summed E-state index contributed by atoms with van der Waals surface area (Å²) in [5.41, 5.74) is 18.9. The molecule has 0 bridgehead atoms. The van der Waals surface area contributed by atoms with Gasteiger partial charge in [-0.2, -0.15) is 5.26 Å². The highest BCUT2D eigenvalue weighted by Crippen LogP contribution is 2.46. The van der Waals surface area contributed by atoms with Gasteiger partial charge in [0.2, 0.25) is 0 Å². The molecule has 0 aliphatic rings. The lowest BCUT2D eigenvalue weighted by Gasteiger charge is -2.22. The van der Waals surface area contributed by atoms with Gasteiger partial charge in [-0.1, -0.05) is 163 Å². The van der Waals surface area contributed by atoms with E-state index in [0.717, 1.165) is 100 Å².